The fraction of sp³-hybridized carbons (Fsp3) is 0.538. The number of carbonyl (C=O) groups excluding carboxylic acids is 1. The Kier molecular flexibility index (Phi) is 11.0. The van der Waals surface area contributed by atoms with E-state index in [0.29, 0.717) is 76.1 Å². The van der Waals surface area contributed by atoms with E-state index in [1.54, 1.807) is 6.20 Å². The van der Waals surface area contributed by atoms with Gasteiger partial charge in [0.05, 0.1) is 50.0 Å². The first-order valence-corrected chi connectivity index (χ1v) is 17.8. The van der Waals surface area contributed by atoms with Crippen LogP contribution in [0.2, 0.25) is 0 Å². The summed E-state index contributed by atoms with van der Waals surface area (Å²) in [6.45, 7) is 5.60. The first-order chi connectivity index (χ1) is 21.8. The summed E-state index contributed by atoms with van der Waals surface area (Å²) in [5.74, 6) is -0.0707. The zero-order valence-corrected chi connectivity index (χ0v) is 27.6. The normalized spacial score (nSPS) is 18.5. The number of carbonyl (C=O) groups is 1. The fourth-order valence-electron chi connectivity index (χ4n) is 5.06. The molecular weight excluding hydrogens is 673 g/mol. The number of fused-ring (bicyclic) bond motifs is 1. The minimum absolute atomic E-state index is 0.0976. The van der Waals surface area contributed by atoms with Gasteiger partial charge in [-0.3, -0.25) is 14.8 Å². The Bertz CT molecular complexity index is 1810. The molecule has 0 radical (unpaired) electrons. The molecule has 0 aliphatic carbocycles. The van der Waals surface area contributed by atoms with Crippen LogP contribution in [0.3, 0.4) is 0 Å². The number of hydrogen-bond acceptors (Lipinski definition) is 12. The van der Waals surface area contributed by atoms with Crippen molar-refractivity contribution < 1.29 is 48.8 Å². The summed E-state index contributed by atoms with van der Waals surface area (Å²) < 4.78 is 105. The van der Waals surface area contributed by atoms with E-state index < -0.39 is 38.0 Å². The van der Waals surface area contributed by atoms with Gasteiger partial charge in [0.15, 0.2) is 11.6 Å². The molecule has 2 aliphatic rings. The molecule has 0 unspecified atom stereocenters. The van der Waals surface area contributed by atoms with Crippen LogP contribution in [0.5, 0.6) is 0 Å². The maximum Gasteiger partial charge on any atom is 0.417 e. The highest BCUT2D eigenvalue weighted by Gasteiger charge is 2.36. The minimum Gasteiger partial charge on any atom is -0.453 e. The van der Waals surface area contributed by atoms with Crippen molar-refractivity contribution in [3.8, 4) is 11.4 Å². The predicted molar refractivity (Wildman–Crippen MR) is 164 cm³/mol. The molecule has 260 valence electrons. The molecule has 16 nitrogen and oxygen atoms in total. The smallest absolute Gasteiger partial charge is 0.417 e. The average molecular weight is 709 g/mol. The molecule has 0 spiro atoms. The third kappa shape index (κ3) is 9.70. The van der Waals surface area contributed by atoms with Crippen LogP contribution in [0.4, 0.5) is 29.6 Å². The number of nitrogens with one attached hydrogen (secondary N) is 1. The lowest BCUT2D eigenvalue weighted by Crippen LogP contribution is -2.47. The number of nitrogens with zero attached hydrogens (tertiary/aromatic N) is 7. The number of aromatic nitrogens is 4. The Balaban J connectivity index is 0.000000930. The van der Waals surface area contributed by atoms with Gasteiger partial charge in [-0.25, -0.2) is 27.7 Å². The number of piperazine rings is 1. The van der Waals surface area contributed by atoms with Crippen LogP contribution in [0, 0.1) is 0 Å². The summed E-state index contributed by atoms with van der Waals surface area (Å²) in [4.78, 5) is 24.3. The third-order valence-corrected chi connectivity index (χ3v) is 8.52. The Morgan fingerprint density at radius 1 is 1.13 bits per heavy atom. The molecule has 1 amide bonds. The molecule has 0 bridgehead atoms. The number of amides is 1. The molecule has 47 heavy (non-hydrogen) atoms. The lowest BCUT2D eigenvalue weighted by Gasteiger charge is -2.34. The van der Waals surface area contributed by atoms with E-state index >= 15 is 0 Å². The summed E-state index contributed by atoms with van der Waals surface area (Å²) in [5, 5.41) is 6.61. The Labute approximate surface area is 269 Å². The number of sulfonamides is 1. The molecule has 2 N–H and O–H groups in total. The van der Waals surface area contributed by atoms with E-state index in [-0.39, 0.29) is 23.2 Å². The van der Waals surface area contributed by atoms with Gasteiger partial charge in [0, 0.05) is 51.7 Å². The standard InChI is InChI=1S/C25H31F3N8O5S.CH4O3S/c1-16-15-41-9-8-35(16)23-20-10-17(13-33-4-6-34(7-5-33)42(3,38)39)14-36(20)32-22(31-23)18-12-29-21(30-24(37)40-2)11-19(18)25(26,27)28;1-5(2,3)4/h10-12,14,16H,4-9,13,15H2,1-3H3,(H,29,30,37);1H3,(H,2,3,4)/t16-;/m0./s1. The van der Waals surface area contributed by atoms with Crippen molar-refractivity contribution in [3.05, 3.63) is 35.7 Å². The highest BCUT2D eigenvalue weighted by molar-refractivity contribution is 7.88. The van der Waals surface area contributed by atoms with Crippen molar-refractivity contribution in [2.24, 2.45) is 0 Å². The first-order valence-electron chi connectivity index (χ1n) is 14.1. The summed E-state index contributed by atoms with van der Waals surface area (Å²) in [6.07, 6.45) is -1.13. The highest BCUT2D eigenvalue weighted by Crippen LogP contribution is 2.38. The van der Waals surface area contributed by atoms with E-state index in [9.17, 15) is 34.8 Å². The van der Waals surface area contributed by atoms with Gasteiger partial charge >= 0.3 is 12.3 Å². The van der Waals surface area contributed by atoms with Crippen molar-refractivity contribution in [3.63, 3.8) is 0 Å². The number of methoxy groups -OCH3 is 1. The SMILES string of the molecule is COC(=O)Nc1cc(C(F)(F)F)c(-c2nc(N3CCOC[C@@H]3C)c3cc(CN4CCN(S(C)(=O)=O)CC4)cn3n2)cn1.CS(=O)(=O)O. The summed E-state index contributed by atoms with van der Waals surface area (Å²) >= 11 is 0. The molecule has 2 aliphatic heterocycles. The monoisotopic (exact) mass is 708 g/mol. The number of alkyl halides is 3. The lowest BCUT2D eigenvalue weighted by molar-refractivity contribution is -0.137. The highest BCUT2D eigenvalue weighted by atomic mass is 32.2. The van der Waals surface area contributed by atoms with E-state index in [4.69, 9.17) is 9.29 Å². The molecule has 5 heterocycles. The molecule has 1 atom stereocenters. The third-order valence-electron chi connectivity index (χ3n) is 7.21. The largest absolute Gasteiger partial charge is 0.453 e. The van der Waals surface area contributed by atoms with Crippen LogP contribution in [-0.2, 0) is 42.3 Å². The molecular formula is C26H35F3N8O8S2. The Morgan fingerprint density at radius 2 is 1.79 bits per heavy atom. The van der Waals surface area contributed by atoms with Gasteiger partial charge in [0.25, 0.3) is 10.1 Å². The second kappa shape index (κ2) is 14.2. The fourth-order valence-corrected chi connectivity index (χ4v) is 5.89. The second-order valence-electron chi connectivity index (χ2n) is 11.0. The molecule has 0 saturated carbocycles. The van der Waals surface area contributed by atoms with Crippen LogP contribution < -0.4 is 10.2 Å². The Hall–Kier alpha value is -3.63. The van der Waals surface area contributed by atoms with E-state index in [2.05, 4.69) is 30.0 Å². The van der Waals surface area contributed by atoms with Crippen molar-refractivity contribution in [1.82, 2.24) is 28.8 Å². The quantitative estimate of drug-likeness (QED) is 0.353. The first kappa shape index (κ1) is 36.2. The van der Waals surface area contributed by atoms with Gasteiger partial charge in [-0.1, -0.05) is 0 Å². The number of halogens is 3. The maximum atomic E-state index is 14.2. The van der Waals surface area contributed by atoms with Crippen LogP contribution >= 0.6 is 0 Å². The number of rotatable bonds is 6. The maximum absolute atomic E-state index is 14.2. The zero-order chi connectivity index (χ0) is 34.7. The van der Waals surface area contributed by atoms with E-state index in [0.717, 1.165) is 18.9 Å². The van der Waals surface area contributed by atoms with Crippen molar-refractivity contribution in [2.45, 2.75) is 25.7 Å². The van der Waals surface area contributed by atoms with Crippen LogP contribution in [-0.4, -0.2) is 128 Å². The number of pyridine rings is 1. The van der Waals surface area contributed by atoms with Crippen molar-refractivity contribution in [2.75, 3.05) is 75.8 Å². The zero-order valence-electron chi connectivity index (χ0n) is 25.9. The molecule has 3 aromatic heterocycles. The number of morpholine rings is 1. The van der Waals surface area contributed by atoms with Crippen LogP contribution in [0.15, 0.2) is 24.5 Å². The van der Waals surface area contributed by atoms with Gasteiger partial charge in [-0.05, 0) is 24.6 Å². The minimum atomic E-state index is -4.80. The van der Waals surface area contributed by atoms with Gasteiger partial charge < -0.3 is 14.4 Å². The topological polar surface area (TPSA) is 189 Å². The van der Waals surface area contributed by atoms with Gasteiger partial charge in [-0.2, -0.15) is 25.9 Å². The number of ether oxygens (including phenoxy) is 2. The second-order valence-corrected chi connectivity index (χ2v) is 14.4. The predicted octanol–water partition coefficient (Wildman–Crippen LogP) is 1.79. The summed E-state index contributed by atoms with van der Waals surface area (Å²) in [6, 6.07) is 2.52. The number of anilines is 2. The molecule has 2 saturated heterocycles. The van der Waals surface area contributed by atoms with Gasteiger partial charge in [-0.15, -0.1) is 5.10 Å². The Morgan fingerprint density at radius 3 is 2.36 bits per heavy atom. The number of hydrogen-bond donors (Lipinski definition) is 2. The average Bonchev–Trinajstić information content (AvgIpc) is 3.38. The van der Waals surface area contributed by atoms with E-state index in [1.807, 2.05) is 17.9 Å². The summed E-state index contributed by atoms with van der Waals surface area (Å²) in [7, 11) is -5.84. The molecule has 5 rings (SSSR count). The lowest BCUT2D eigenvalue weighted by atomic mass is 10.1. The molecule has 21 heteroatoms. The van der Waals surface area contributed by atoms with Gasteiger partial charge in [0.1, 0.15) is 11.3 Å². The van der Waals surface area contributed by atoms with E-state index in [1.165, 1.54) is 15.1 Å². The molecule has 0 aromatic carbocycles. The molecule has 3 aromatic rings. The van der Waals surface area contributed by atoms with Gasteiger partial charge in [0.2, 0.25) is 10.0 Å². The van der Waals surface area contributed by atoms with Crippen molar-refractivity contribution in [1.29, 1.82) is 0 Å². The van der Waals surface area contributed by atoms with Crippen molar-refractivity contribution >= 4 is 43.4 Å². The van der Waals surface area contributed by atoms with Crippen LogP contribution in [0.25, 0.3) is 16.9 Å². The molecule has 2 fully saturated rings. The van der Waals surface area contributed by atoms with Crippen LogP contribution in [0.1, 0.15) is 18.1 Å². The summed E-state index contributed by atoms with van der Waals surface area (Å²) in [5.41, 5.74) is 0.0421.